The van der Waals surface area contributed by atoms with Gasteiger partial charge in [-0.3, -0.25) is 0 Å². The van der Waals surface area contributed by atoms with Gasteiger partial charge in [0.15, 0.2) is 5.96 Å². The molecule has 0 amide bonds. The van der Waals surface area contributed by atoms with Crippen LogP contribution in [0, 0.1) is 0 Å². The van der Waals surface area contributed by atoms with Crippen molar-refractivity contribution in [3.05, 3.63) is 65.2 Å². The number of nitrogens with zero attached hydrogens (tertiary/aromatic N) is 1. The Hall–Kier alpha value is -2.53. The summed E-state index contributed by atoms with van der Waals surface area (Å²) in [6, 6.07) is 16.5. The fourth-order valence-corrected chi connectivity index (χ4v) is 2.70. The Morgan fingerprint density at radius 3 is 2.41 bits per heavy atom. The van der Waals surface area contributed by atoms with E-state index in [0.717, 1.165) is 37.8 Å². The first-order chi connectivity index (χ1) is 13.3. The Labute approximate surface area is 162 Å². The quantitative estimate of drug-likeness (QED) is 0.497. The van der Waals surface area contributed by atoms with Crippen LogP contribution in [0.15, 0.2) is 53.5 Å². The molecule has 0 aliphatic carbocycles. The van der Waals surface area contributed by atoms with Crippen LogP contribution in [0.1, 0.15) is 30.5 Å². The van der Waals surface area contributed by atoms with Gasteiger partial charge in [-0.15, -0.1) is 0 Å². The van der Waals surface area contributed by atoms with Gasteiger partial charge in [0.05, 0.1) is 20.3 Å². The second-order valence-corrected chi connectivity index (χ2v) is 6.14. The highest BCUT2D eigenvalue weighted by Gasteiger charge is 2.03. The lowest BCUT2D eigenvalue weighted by molar-refractivity contribution is 0.134. The van der Waals surface area contributed by atoms with Crippen LogP contribution >= 0.6 is 0 Å². The number of hydrogen-bond acceptors (Lipinski definition) is 3. The van der Waals surface area contributed by atoms with Crippen LogP contribution in [0.25, 0.3) is 0 Å². The Bertz CT molecular complexity index is 699. The average Bonchev–Trinajstić information content (AvgIpc) is 2.71. The lowest BCUT2D eigenvalue weighted by Crippen LogP contribution is -2.38. The molecule has 0 unspecified atom stereocenters. The van der Waals surface area contributed by atoms with E-state index in [9.17, 15) is 0 Å². The van der Waals surface area contributed by atoms with Gasteiger partial charge in [-0.2, -0.15) is 0 Å². The molecule has 0 aromatic heterocycles. The van der Waals surface area contributed by atoms with Gasteiger partial charge in [0, 0.05) is 19.7 Å². The SMILES string of the molecule is CCNC(=NCc1ccc(COCC)cc1)NCCc1ccccc1OC. The molecule has 2 aromatic carbocycles. The minimum atomic E-state index is 0.638. The molecule has 2 N–H and O–H groups in total. The van der Waals surface area contributed by atoms with Crippen molar-refractivity contribution in [2.45, 2.75) is 33.4 Å². The van der Waals surface area contributed by atoms with Gasteiger partial charge in [0.2, 0.25) is 0 Å². The second-order valence-electron chi connectivity index (χ2n) is 6.14. The molecule has 27 heavy (non-hydrogen) atoms. The molecular formula is C22H31N3O2. The summed E-state index contributed by atoms with van der Waals surface area (Å²) in [5.41, 5.74) is 3.55. The maximum absolute atomic E-state index is 5.43. The van der Waals surface area contributed by atoms with Crippen LogP contribution in [0.2, 0.25) is 0 Å². The predicted octanol–water partition coefficient (Wildman–Crippen LogP) is 3.53. The van der Waals surface area contributed by atoms with Crippen molar-refractivity contribution in [1.29, 1.82) is 0 Å². The molecule has 0 atom stereocenters. The molecule has 2 aromatic rings. The zero-order valence-electron chi connectivity index (χ0n) is 16.6. The smallest absolute Gasteiger partial charge is 0.191 e. The van der Waals surface area contributed by atoms with E-state index in [1.807, 2.05) is 25.1 Å². The summed E-state index contributed by atoms with van der Waals surface area (Å²) < 4.78 is 10.8. The van der Waals surface area contributed by atoms with E-state index >= 15 is 0 Å². The van der Waals surface area contributed by atoms with Gasteiger partial charge in [0.25, 0.3) is 0 Å². The molecule has 0 heterocycles. The molecule has 0 spiro atoms. The maximum Gasteiger partial charge on any atom is 0.191 e. The number of aliphatic imine (C=N–C) groups is 1. The maximum atomic E-state index is 5.43. The number of para-hydroxylation sites is 1. The normalized spacial score (nSPS) is 11.3. The van der Waals surface area contributed by atoms with E-state index < -0.39 is 0 Å². The topological polar surface area (TPSA) is 54.9 Å². The standard InChI is InChI=1S/C22H31N3O2/c1-4-23-22(24-15-14-20-8-6-7-9-21(20)26-3)25-16-18-10-12-19(13-11-18)17-27-5-2/h6-13H,4-5,14-17H2,1-3H3,(H2,23,24,25). The third-order valence-electron chi connectivity index (χ3n) is 4.14. The zero-order chi connectivity index (χ0) is 19.3. The molecule has 2 rings (SSSR count). The van der Waals surface area contributed by atoms with Crippen LogP contribution in [0.3, 0.4) is 0 Å². The Kier molecular flexibility index (Phi) is 9.21. The zero-order valence-corrected chi connectivity index (χ0v) is 16.6. The number of guanidine groups is 1. The van der Waals surface area contributed by atoms with Crippen LogP contribution in [-0.2, 0) is 24.3 Å². The second kappa shape index (κ2) is 12.0. The van der Waals surface area contributed by atoms with Crippen molar-refractivity contribution in [2.75, 3.05) is 26.8 Å². The van der Waals surface area contributed by atoms with Crippen molar-refractivity contribution in [2.24, 2.45) is 4.99 Å². The highest BCUT2D eigenvalue weighted by Crippen LogP contribution is 2.17. The monoisotopic (exact) mass is 369 g/mol. The van der Waals surface area contributed by atoms with Crippen LogP contribution in [0.5, 0.6) is 5.75 Å². The van der Waals surface area contributed by atoms with Gasteiger partial charge >= 0.3 is 0 Å². The van der Waals surface area contributed by atoms with Gasteiger partial charge in [0.1, 0.15) is 5.75 Å². The minimum Gasteiger partial charge on any atom is -0.496 e. The lowest BCUT2D eigenvalue weighted by Gasteiger charge is -2.13. The predicted molar refractivity (Wildman–Crippen MR) is 111 cm³/mol. The molecule has 0 fully saturated rings. The number of nitrogens with one attached hydrogen (secondary N) is 2. The summed E-state index contributed by atoms with van der Waals surface area (Å²) in [7, 11) is 1.71. The fourth-order valence-electron chi connectivity index (χ4n) is 2.70. The summed E-state index contributed by atoms with van der Waals surface area (Å²) in [4.78, 5) is 4.68. The Balaban J connectivity index is 1.88. The van der Waals surface area contributed by atoms with Gasteiger partial charge < -0.3 is 20.1 Å². The molecule has 5 nitrogen and oxygen atoms in total. The number of methoxy groups -OCH3 is 1. The summed E-state index contributed by atoms with van der Waals surface area (Å²) in [5, 5.41) is 6.69. The number of rotatable bonds is 10. The van der Waals surface area contributed by atoms with Gasteiger partial charge in [-0.05, 0) is 43.0 Å². The third kappa shape index (κ3) is 7.31. The summed E-state index contributed by atoms with van der Waals surface area (Å²) in [5.74, 6) is 1.75. The van der Waals surface area contributed by atoms with Crippen LogP contribution < -0.4 is 15.4 Å². The summed E-state index contributed by atoms with van der Waals surface area (Å²) in [6.07, 6.45) is 0.876. The number of ether oxygens (including phenoxy) is 2. The number of benzene rings is 2. The van der Waals surface area contributed by atoms with Gasteiger partial charge in [-0.1, -0.05) is 42.5 Å². The average molecular weight is 370 g/mol. The van der Waals surface area contributed by atoms with E-state index in [0.29, 0.717) is 13.2 Å². The van der Waals surface area contributed by atoms with Crippen molar-refractivity contribution in [3.63, 3.8) is 0 Å². The van der Waals surface area contributed by atoms with Crippen molar-refractivity contribution in [3.8, 4) is 5.75 Å². The van der Waals surface area contributed by atoms with E-state index in [1.54, 1.807) is 7.11 Å². The molecule has 0 aliphatic heterocycles. The molecule has 5 heteroatoms. The fraction of sp³-hybridized carbons (Fsp3) is 0.409. The van der Waals surface area contributed by atoms with E-state index in [2.05, 4.69) is 52.9 Å². The van der Waals surface area contributed by atoms with Crippen molar-refractivity contribution >= 4 is 5.96 Å². The Morgan fingerprint density at radius 2 is 1.70 bits per heavy atom. The highest BCUT2D eigenvalue weighted by atomic mass is 16.5. The van der Waals surface area contributed by atoms with Crippen LogP contribution in [0.4, 0.5) is 0 Å². The van der Waals surface area contributed by atoms with Gasteiger partial charge in [-0.25, -0.2) is 4.99 Å². The number of hydrogen-bond donors (Lipinski definition) is 2. The molecule has 0 aliphatic rings. The highest BCUT2D eigenvalue weighted by molar-refractivity contribution is 5.79. The van der Waals surface area contributed by atoms with Crippen molar-refractivity contribution < 1.29 is 9.47 Å². The largest absolute Gasteiger partial charge is 0.496 e. The molecule has 0 saturated heterocycles. The molecule has 0 saturated carbocycles. The van der Waals surface area contributed by atoms with E-state index in [1.165, 1.54) is 16.7 Å². The molecule has 0 radical (unpaired) electrons. The minimum absolute atomic E-state index is 0.638. The molecular weight excluding hydrogens is 338 g/mol. The molecule has 146 valence electrons. The lowest BCUT2D eigenvalue weighted by atomic mass is 10.1. The summed E-state index contributed by atoms with van der Waals surface area (Å²) >= 11 is 0. The Morgan fingerprint density at radius 1 is 0.963 bits per heavy atom. The van der Waals surface area contributed by atoms with E-state index in [4.69, 9.17) is 9.47 Å². The van der Waals surface area contributed by atoms with Crippen LogP contribution in [-0.4, -0.2) is 32.8 Å². The van der Waals surface area contributed by atoms with Crippen molar-refractivity contribution in [1.82, 2.24) is 10.6 Å². The first-order valence-electron chi connectivity index (χ1n) is 9.56. The first kappa shape index (κ1) is 20.8. The van der Waals surface area contributed by atoms with E-state index in [-0.39, 0.29) is 0 Å². The summed E-state index contributed by atoms with van der Waals surface area (Å²) in [6.45, 7) is 7.73. The third-order valence-corrected chi connectivity index (χ3v) is 4.14. The first-order valence-corrected chi connectivity index (χ1v) is 9.56. The molecule has 0 bridgehead atoms.